The number of hydrogen-bond acceptors (Lipinski definition) is 5. The third-order valence-electron chi connectivity index (χ3n) is 2.57. The standard InChI is InChI=1S/C14H16N2O2S2/c1-3-17-13-6-10(14(15)19)4-5-12(13)18-7-11-8-20-9(2)16-11/h4-6,8H,3,7H2,1-2H3,(H2,15,19). The van der Waals surface area contributed by atoms with Gasteiger partial charge >= 0.3 is 0 Å². The summed E-state index contributed by atoms with van der Waals surface area (Å²) in [5.41, 5.74) is 7.30. The fourth-order valence-electron chi connectivity index (χ4n) is 1.68. The molecule has 0 bridgehead atoms. The largest absolute Gasteiger partial charge is 0.490 e. The Labute approximate surface area is 127 Å². The van der Waals surface area contributed by atoms with Crippen LogP contribution in [-0.2, 0) is 6.61 Å². The number of thiazole rings is 1. The van der Waals surface area contributed by atoms with Crippen molar-refractivity contribution in [3.05, 3.63) is 39.8 Å². The molecule has 20 heavy (non-hydrogen) atoms. The van der Waals surface area contributed by atoms with E-state index in [4.69, 9.17) is 27.4 Å². The second-order valence-electron chi connectivity index (χ2n) is 4.11. The molecule has 0 radical (unpaired) electrons. The fourth-order valence-corrected chi connectivity index (χ4v) is 2.40. The fraction of sp³-hybridized carbons (Fsp3) is 0.286. The van der Waals surface area contributed by atoms with E-state index in [1.807, 2.05) is 31.4 Å². The first-order chi connectivity index (χ1) is 9.60. The summed E-state index contributed by atoms with van der Waals surface area (Å²) in [5, 5.41) is 3.01. The molecule has 0 saturated carbocycles. The number of aryl methyl sites for hydroxylation is 1. The summed E-state index contributed by atoms with van der Waals surface area (Å²) in [6, 6.07) is 5.44. The minimum absolute atomic E-state index is 0.340. The second-order valence-corrected chi connectivity index (χ2v) is 5.61. The van der Waals surface area contributed by atoms with E-state index in [2.05, 4.69) is 4.98 Å². The Morgan fingerprint density at radius 3 is 2.75 bits per heavy atom. The number of hydrogen-bond donors (Lipinski definition) is 1. The summed E-state index contributed by atoms with van der Waals surface area (Å²) < 4.78 is 11.3. The molecule has 0 unspecified atom stereocenters. The zero-order valence-electron chi connectivity index (χ0n) is 11.4. The van der Waals surface area contributed by atoms with Crippen LogP contribution in [0.25, 0.3) is 0 Å². The zero-order valence-corrected chi connectivity index (χ0v) is 13.0. The lowest BCUT2D eigenvalue weighted by Gasteiger charge is -2.12. The molecule has 106 valence electrons. The lowest BCUT2D eigenvalue weighted by Crippen LogP contribution is -2.10. The minimum Gasteiger partial charge on any atom is -0.490 e. The molecule has 1 aromatic heterocycles. The predicted octanol–water partition coefficient (Wildman–Crippen LogP) is 3.06. The van der Waals surface area contributed by atoms with Crippen molar-refractivity contribution in [2.24, 2.45) is 5.73 Å². The van der Waals surface area contributed by atoms with Crippen LogP contribution in [0.2, 0.25) is 0 Å². The van der Waals surface area contributed by atoms with Gasteiger partial charge in [0.1, 0.15) is 11.6 Å². The van der Waals surface area contributed by atoms with Crippen LogP contribution >= 0.6 is 23.6 Å². The first-order valence-electron chi connectivity index (χ1n) is 6.20. The third-order valence-corrected chi connectivity index (χ3v) is 3.63. The molecule has 0 atom stereocenters. The molecular weight excluding hydrogens is 292 g/mol. The molecule has 2 rings (SSSR count). The van der Waals surface area contributed by atoms with E-state index in [9.17, 15) is 0 Å². The van der Waals surface area contributed by atoms with Crippen LogP contribution in [0.3, 0.4) is 0 Å². The van der Waals surface area contributed by atoms with Gasteiger partial charge in [0, 0.05) is 10.9 Å². The Hall–Kier alpha value is -1.66. The molecule has 4 nitrogen and oxygen atoms in total. The zero-order chi connectivity index (χ0) is 14.5. The van der Waals surface area contributed by atoms with Crippen molar-refractivity contribution in [3.8, 4) is 11.5 Å². The summed E-state index contributed by atoms with van der Waals surface area (Å²) in [5.74, 6) is 1.31. The summed E-state index contributed by atoms with van der Waals surface area (Å²) in [6.45, 7) is 4.85. The molecule has 1 aromatic carbocycles. The van der Waals surface area contributed by atoms with Gasteiger partial charge in [-0.2, -0.15) is 0 Å². The Morgan fingerprint density at radius 2 is 2.15 bits per heavy atom. The number of thiocarbonyl (C=S) groups is 1. The minimum atomic E-state index is 0.340. The van der Waals surface area contributed by atoms with Gasteiger partial charge in [-0.3, -0.25) is 0 Å². The summed E-state index contributed by atoms with van der Waals surface area (Å²) in [6.07, 6.45) is 0. The number of ether oxygens (including phenoxy) is 2. The van der Waals surface area contributed by atoms with Gasteiger partial charge in [0.25, 0.3) is 0 Å². The summed E-state index contributed by atoms with van der Waals surface area (Å²) in [4.78, 5) is 4.70. The molecule has 6 heteroatoms. The Bertz CT molecular complexity index is 611. The Morgan fingerprint density at radius 1 is 1.35 bits per heavy atom. The van der Waals surface area contributed by atoms with Crippen LogP contribution in [0.4, 0.5) is 0 Å². The van der Waals surface area contributed by atoms with Crippen molar-refractivity contribution < 1.29 is 9.47 Å². The first-order valence-corrected chi connectivity index (χ1v) is 7.49. The number of benzene rings is 1. The van der Waals surface area contributed by atoms with Crippen molar-refractivity contribution >= 4 is 28.5 Å². The van der Waals surface area contributed by atoms with E-state index < -0.39 is 0 Å². The highest BCUT2D eigenvalue weighted by atomic mass is 32.1. The molecule has 1 heterocycles. The molecule has 0 spiro atoms. The van der Waals surface area contributed by atoms with Gasteiger partial charge in [0.05, 0.1) is 17.3 Å². The van der Waals surface area contributed by atoms with Crippen molar-refractivity contribution in [2.45, 2.75) is 20.5 Å². The Balaban J connectivity index is 2.15. The van der Waals surface area contributed by atoms with Gasteiger partial charge in [0.2, 0.25) is 0 Å². The maximum atomic E-state index is 5.76. The lowest BCUT2D eigenvalue weighted by atomic mass is 10.2. The van der Waals surface area contributed by atoms with E-state index in [0.717, 1.165) is 16.3 Å². The number of rotatable bonds is 6. The van der Waals surface area contributed by atoms with Crippen LogP contribution < -0.4 is 15.2 Å². The summed E-state index contributed by atoms with van der Waals surface area (Å²) in [7, 11) is 0. The van der Waals surface area contributed by atoms with Crippen molar-refractivity contribution in [1.29, 1.82) is 0 Å². The van der Waals surface area contributed by atoms with Gasteiger partial charge in [0.15, 0.2) is 11.5 Å². The first kappa shape index (κ1) is 14.7. The van der Waals surface area contributed by atoms with Crippen LogP contribution in [0, 0.1) is 6.92 Å². The lowest BCUT2D eigenvalue weighted by molar-refractivity contribution is 0.267. The average Bonchev–Trinajstić information content (AvgIpc) is 2.83. The van der Waals surface area contributed by atoms with Crippen LogP contribution in [0.15, 0.2) is 23.6 Å². The number of nitrogens with zero attached hydrogens (tertiary/aromatic N) is 1. The molecule has 2 aromatic rings. The van der Waals surface area contributed by atoms with E-state index in [1.54, 1.807) is 17.4 Å². The smallest absolute Gasteiger partial charge is 0.161 e. The highest BCUT2D eigenvalue weighted by molar-refractivity contribution is 7.80. The topological polar surface area (TPSA) is 57.4 Å². The number of nitrogens with two attached hydrogens (primary N) is 1. The molecule has 0 aliphatic rings. The van der Waals surface area contributed by atoms with E-state index in [-0.39, 0.29) is 0 Å². The predicted molar refractivity (Wildman–Crippen MR) is 84.7 cm³/mol. The van der Waals surface area contributed by atoms with Crippen LogP contribution in [0.1, 0.15) is 23.2 Å². The van der Waals surface area contributed by atoms with Gasteiger partial charge in [-0.1, -0.05) is 12.2 Å². The maximum Gasteiger partial charge on any atom is 0.161 e. The second kappa shape index (κ2) is 6.67. The van der Waals surface area contributed by atoms with E-state index in [0.29, 0.717) is 29.7 Å². The molecule has 0 aliphatic heterocycles. The average molecular weight is 308 g/mol. The normalized spacial score (nSPS) is 10.3. The molecule has 0 amide bonds. The van der Waals surface area contributed by atoms with Crippen LogP contribution in [0.5, 0.6) is 11.5 Å². The molecular formula is C14H16N2O2S2. The van der Waals surface area contributed by atoms with Gasteiger partial charge < -0.3 is 15.2 Å². The third kappa shape index (κ3) is 3.68. The van der Waals surface area contributed by atoms with Gasteiger partial charge in [-0.25, -0.2) is 4.98 Å². The van der Waals surface area contributed by atoms with Crippen molar-refractivity contribution in [1.82, 2.24) is 4.98 Å². The van der Waals surface area contributed by atoms with Crippen molar-refractivity contribution in [2.75, 3.05) is 6.61 Å². The highest BCUT2D eigenvalue weighted by Gasteiger charge is 2.09. The molecule has 0 saturated heterocycles. The number of aromatic nitrogens is 1. The Kier molecular flexibility index (Phi) is 4.92. The molecule has 2 N–H and O–H groups in total. The molecule has 0 fully saturated rings. The molecule has 0 aliphatic carbocycles. The maximum absolute atomic E-state index is 5.76. The quantitative estimate of drug-likeness (QED) is 0.831. The van der Waals surface area contributed by atoms with E-state index in [1.165, 1.54) is 0 Å². The monoisotopic (exact) mass is 308 g/mol. The summed E-state index contributed by atoms with van der Waals surface area (Å²) >= 11 is 6.57. The van der Waals surface area contributed by atoms with E-state index >= 15 is 0 Å². The van der Waals surface area contributed by atoms with Gasteiger partial charge in [-0.05, 0) is 32.0 Å². The SMILES string of the molecule is CCOc1cc(C(N)=S)ccc1OCc1csc(C)n1. The highest BCUT2D eigenvalue weighted by Crippen LogP contribution is 2.29. The van der Waals surface area contributed by atoms with Crippen LogP contribution in [-0.4, -0.2) is 16.6 Å². The van der Waals surface area contributed by atoms with Gasteiger partial charge in [-0.15, -0.1) is 11.3 Å². The van der Waals surface area contributed by atoms with Crippen molar-refractivity contribution in [3.63, 3.8) is 0 Å².